The van der Waals surface area contributed by atoms with Crippen LogP contribution in [0.1, 0.15) is 31.9 Å². The molecule has 0 spiro atoms. The summed E-state index contributed by atoms with van der Waals surface area (Å²) < 4.78 is 53.4. The lowest BCUT2D eigenvalue weighted by atomic mass is 10.0. The fourth-order valence-electron chi connectivity index (χ4n) is 3.96. The highest BCUT2D eigenvalue weighted by molar-refractivity contribution is 7.89. The van der Waals surface area contributed by atoms with Crippen LogP contribution in [0.5, 0.6) is 0 Å². The molecule has 4 aromatic rings. The number of carboxylic acids is 1. The largest absolute Gasteiger partial charge is 0.480 e. The number of rotatable bonds is 9. The van der Waals surface area contributed by atoms with Crippen LogP contribution in [0.25, 0.3) is 22.8 Å². The summed E-state index contributed by atoms with van der Waals surface area (Å²) in [7, 11) is -4.14. The van der Waals surface area contributed by atoms with Gasteiger partial charge in [-0.25, -0.2) is 17.6 Å². The first-order valence-corrected chi connectivity index (χ1v) is 14.2. The molecule has 11 nitrogen and oxygen atoms in total. The molecule has 1 atom stereocenters. The highest BCUT2D eigenvalue weighted by Crippen LogP contribution is 2.26. The van der Waals surface area contributed by atoms with Crippen molar-refractivity contribution in [2.45, 2.75) is 50.7 Å². The third-order valence-electron chi connectivity index (χ3n) is 5.90. The van der Waals surface area contributed by atoms with Crippen molar-refractivity contribution >= 4 is 27.8 Å². The molecule has 220 valence electrons. The molecule has 13 heteroatoms. The maximum absolute atomic E-state index is 15.1. The lowest BCUT2D eigenvalue weighted by Gasteiger charge is -2.19. The van der Waals surface area contributed by atoms with Crippen molar-refractivity contribution in [2.24, 2.45) is 0 Å². The van der Waals surface area contributed by atoms with Gasteiger partial charge in [0.2, 0.25) is 15.8 Å². The summed E-state index contributed by atoms with van der Waals surface area (Å²) in [6, 6.07) is 15.1. The molecule has 0 bridgehead atoms. The first-order valence-electron chi connectivity index (χ1n) is 12.8. The molecule has 42 heavy (non-hydrogen) atoms. The van der Waals surface area contributed by atoms with E-state index in [-0.39, 0.29) is 34.2 Å². The normalized spacial score (nSPS) is 12.5. The Kier molecular flexibility index (Phi) is 8.73. The number of nitrogens with zero attached hydrogens (tertiary/aromatic N) is 2. The quantitative estimate of drug-likeness (QED) is 0.237. The highest BCUT2D eigenvalue weighted by atomic mass is 32.2. The van der Waals surface area contributed by atoms with Crippen LogP contribution in [-0.4, -0.2) is 47.4 Å². The van der Waals surface area contributed by atoms with Gasteiger partial charge in [0, 0.05) is 11.3 Å². The third kappa shape index (κ3) is 7.56. The average molecular weight is 597 g/mol. The number of ether oxygens (including phenoxy) is 1. The summed E-state index contributed by atoms with van der Waals surface area (Å²) in [4.78, 5) is 28.0. The number of carbonyl (C=O) groups excluding carboxylic acids is 1. The summed E-state index contributed by atoms with van der Waals surface area (Å²) in [5, 5.41) is 16.1. The van der Waals surface area contributed by atoms with Gasteiger partial charge in [0.05, 0.1) is 10.5 Å². The van der Waals surface area contributed by atoms with E-state index in [0.717, 1.165) is 6.07 Å². The Morgan fingerprint density at radius 3 is 2.38 bits per heavy atom. The second kappa shape index (κ2) is 12.1. The van der Waals surface area contributed by atoms with E-state index in [1.807, 2.05) is 0 Å². The molecule has 0 aliphatic rings. The predicted molar refractivity (Wildman–Crippen MR) is 152 cm³/mol. The van der Waals surface area contributed by atoms with Crippen LogP contribution in [-0.2, 0) is 26.0 Å². The lowest BCUT2D eigenvalue weighted by molar-refractivity contribution is -0.138. The smallest absolute Gasteiger partial charge is 0.412 e. The van der Waals surface area contributed by atoms with Gasteiger partial charge in [0.15, 0.2) is 0 Å². The lowest BCUT2D eigenvalue weighted by Crippen LogP contribution is -2.42. The van der Waals surface area contributed by atoms with Gasteiger partial charge >= 0.3 is 12.1 Å². The Bertz CT molecular complexity index is 1710. The number of hydrogen-bond acceptors (Lipinski definition) is 8. The van der Waals surface area contributed by atoms with Crippen molar-refractivity contribution in [3.05, 3.63) is 83.7 Å². The van der Waals surface area contributed by atoms with Gasteiger partial charge in [-0.15, -0.1) is 0 Å². The Morgan fingerprint density at radius 2 is 1.76 bits per heavy atom. The number of aryl methyl sites for hydroxylation is 1. The standard InChI is InChI=1S/C29H29FN4O7S/c1-17-7-5-6-8-24(17)42(38,39)34-23(27(35)36)16-18-9-14-21(22(30)15-18)25-32-26(41-33-25)19-10-12-20(13-11-19)31-28(37)40-29(2,3)4/h5-15,23,34H,16H2,1-4H3,(H,31,37)(H,35,36). The minimum Gasteiger partial charge on any atom is -0.480 e. The number of anilines is 1. The maximum Gasteiger partial charge on any atom is 0.412 e. The van der Waals surface area contributed by atoms with Crippen LogP contribution in [0.15, 0.2) is 76.1 Å². The summed E-state index contributed by atoms with van der Waals surface area (Å²) in [5.74, 6) is -2.09. The predicted octanol–water partition coefficient (Wildman–Crippen LogP) is 5.17. The molecule has 1 amide bonds. The number of sulfonamides is 1. The van der Waals surface area contributed by atoms with Crippen LogP contribution in [0, 0.1) is 12.7 Å². The fourth-order valence-corrected chi connectivity index (χ4v) is 5.39. The number of aliphatic carboxylic acids is 1. The van der Waals surface area contributed by atoms with Crippen molar-refractivity contribution in [3.63, 3.8) is 0 Å². The van der Waals surface area contributed by atoms with E-state index in [4.69, 9.17) is 9.26 Å². The van der Waals surface area contributed by atoms with Gasteiger partial charge in [-0.3, -0.25) is 10.1 Å². The van der Waals surface area contributed by atoms with E-state index >= 15 is 4.39 Å². The van der Waals surface area contributed by atoms with Crippen LogP contribution in [0.3, 0.4) is 0 Å². The van der Waals surface area contributed by atoms with Gasteiger partial charge in [-0.1, -0.05) is 29.4 Å². The molecular weight excluding hydrogens is 567 g/mol. The van der Waals surface area contributed by atoms with Crippen LogP contribution in [0.2, 0.25) is 0 Å². The number of carbonyl (C=O) groups is 2. The molecule has 0 aliphatic carbocycles. The molecule has 1 heterocycles. The zero-order valence-electron chi connectivity index (χ0n) is 23.2. The van der Waals surface area contributed by atoms with Crippen molar-refractivity contribution in [2.75, 3.05) is 5.32 Å². The van der Waals surface area contributed by atoms with Crippen molar-refractivity contribution < 1.29 is 36.8 Å². The SMILES string of the molecule is Cc1ccccc1S(=O)(=O)NC(Cc1ccc(-c2noc(-c3ccc(NC(=O)OC(C)(C)C)cc3)n2)c(F)c1)C(=O)O. The maximum atomic E-state index is 15.1. The first-order chi connectivity index (χ1) is 19.7. The van der Waals surface area contributed by atoms with Crippen LogP contribution in [0.4, 0.5) is 14.9 Å². The zero-order chi connectivity index (χ0) is 30.7. The van der Waals surface area contributed by atoms with E-state index in [0.29, 0.717) is 16.8 Å². The van der Waals surface area contributed by atoms with Gasteiger partial charge in [0.1, 0.15) is 17.5 Å². The minimum atomic E-state index is -4.14. The minimum absolute atomic E-state index is 0.00401. The molecule has 0 fully saturated rings. The van der Waals surface area contributed by atoms with Crippen LogP contribution < -0.4 is 10.0 Å². The number of nitrogens with one attached hydrogen (secondary N) is 2. The van der Waals surface area contributed by atoms with E-state index < -0.39 is 39.5 Å². The molecule has 1 aromatic heterocycles. The Labute approximate surface area is 241 Å². The monoisotopic (exact) mass is 596 g/mol. The van der Waals surface area contributed by atoms with E-state index in [9.17, 15) is 23.1 Å². The van der Waals surface area contributed by atoms with Crippen molar-refractivity contribution in [1.82, 2.24) is 14.9 Å². The number of benzene rings is 3. The molecule has 0 aliphatic heterocycles. The molecule has 3 N–H and O–H groups in total. The molecule has 0 saturated carbocycles. The number of carboxylic acid groups (broad SMARTS) is 1. The number of aromatic nitrogens is 2. The fraction of sp³-hybridized carbons (Fsp3) is 0.241. The molecule has 0 saturated heterocycles. The van der Waals surface area contributed by atoms with Gasteiger partial charge in [-0.2, -0.15) is 9.71 Å². The molecule has 1 unspecified atom stereocenters. The third-order valence-corrected chi connectivity index (χ3v) is 7.53. The van der Waals surface area contributed by atoms with Gasteiger partial charge in [-0.05, 0) is 87.7 Å². The first kappa shape index (κ1) is 30.3. The molecule has 4 rings (SSSR count). The Hall–Kier alpha value is -4.62. The molecule has 0 radical (unpaired) electrons. The second-order valence-electron chi connectivity index (χ2n) is 10.4. The van der Waals surface area contributed by atoms with Crippen molar-refractivity contribution in [3.8, 4) is 22.8 Å². The van der Waals surface area contributed by atoms with Crippen LogP contribution >= 0.6 is 0 Å². The Balaban J connectivity index is 1.46. The summed E-state index contributed by atoms with van der Waals surface area (Å²) in [6.45, 7) is 6.86. The Morgan fingerprint density at radius 1 is 1.07 bits per heavy atom. The van der Waals surface area contributed by atoms with E-state index in [1.54, 1.807) is 64.1 Å². The van der Waals surface area contributed by atoms with Gasteiger partial charge in [0.25, 0.3) is 5.89 Å². The van der Waals surface area contributed by atoms with Gasteiger partial charge < -0.3 is 14.4 Å². The second-order valence-corrected chi connectivity index (χ2v) is 12.1. The summed E-state index contributed by atoms with van der Waals surface area (Å²) in [6.07, 6.45) is -0.911. The zero-order valence-corrected chi connectivity index (χ0v) is 24.0. The highest BCUT2D eigenvalue weighted by Gasteiger charge is 2.27. The molecular formula is C29H29FN4O7S. The summed E-state index contributed by atoms with van der Waals surface area (Å²) >= 11 is 0. The number of amides is 1. The average Bonchev–Trinajstić information content (AvgIpc) is 3.37. The number of hydrogen-bond donors (Lipinski definition) is 3. The van der Waals surface area contributed by atoms with E-state index in [1.165, 1.54) is 24.3 Å². The molecule has 3 aromatic carbocycles. The van der Waals surface area contributed by atoms with E-state index in [2.05, 4.69) is 20.2 Å². The topological polar surface area (TPSA) is 161 Å². The summed E-state index contributed by atoms with van der Waals surface area (Å²) in [5.41, 5.74) is 1.06. The van der Waals surface area contributed by atoms with Crippen molar-refractivity contribution in [1.29, 1.82) is 0 Å². The number of halogens is 1.